The maximum atomic E-state index is 11.9. The van der Waals surface area contributed by atoms with Gasteiger partial charge < -0.3 is 10.2 Å². The first-order valence-corrected chi connectivity index (χ1v) is 5.48. The summed E-state index contributed by atoms with van der Waals surface area (Å²) in [6, 6.07) is 3.67. The molecule has 0 aliphatic carbocycles. The third kappa shape index (κ3) is 3.62. The van der Waals surface area contributed by atoms with Crippen molar-refractivity contribution in [2.45, 2.75) is 13.3 Å². The lowest BCUT2D eigenvalue weighted by atomic mass is 10.2. The van der Waals surface area contributed by atoms with Crippen LogP contribution >= 0.6 is 0 Å². The summed E-state index contributed by atoms with van der Waals surface area (Å²) in [6.45, 7) is 3.59. The lowest BCUT2D eigenvalue weighted by Crippen LogP contribution is -2.29. The van der Waals surface area contributed by atoms with E-state index in [2.05, 4.69) is 10.3 Å². The van der Waals surface area contributed by atoms with E-state index in [4.69, 9.17) is 0 Å². The molecule has 0 bridgehead atoms. The van der Waals surface area contributed by atoms with Gasteiger partial charge in [-0.15, -0.1) is 0 Å². The number of carbonyl (C=O) groups excluding carboxylic acids is 1. The Morgan fingerprint density at radius 3 is 2.81 bits per heavy atom. The topological polar surface area (TPSA) is 45.2 Å². The standard InChI is InChI=1S/C12H19N3O/c1-10-5-6-11(9-14-10)12(16)15(3)8-4-7-13-2/h5-6,9,13H,4,7-8H2,1-3H3. The van der Waals surface area contributed by atoms with Crippen LogP contribution in [0.5, 0.6) is 0 Å². The van der Waals surface area contributed by atoms with E-state index in [1.165, 1.54) is 0 Å². The molecule has 1 rings (SSSR count). The van der Waals surface area contributed by atoms with E-state index in [9.17, 15) is 4.79 Å². The van der Waals surface area contributed by atoms with Gasteiger partial charge in [0.2, 0.25) is 0 Å². The van der Waals surface area contributed by atoms with Crippen LogP contribution in [-0.2, 0) is 0 Å². The molecule has 0 saturated heterocycles. The van der Waals surface area contributed by atoms with Gasteiger partial charge in [-0.3, -0.25) is 9.78 Å². The van der Waals surface area contributed by atoms with Gasteiger partial charge in [0.1, 0.15) is 0 Å². The van der Waals surface area contributed by atoms with E-state index in [0.717, 1.165) is 25.2 Å². The molecule has 0 aromatic carbocycles. The van der Waals surface area contributed by atoms with Gasteiger partial charge in [-0.25, -0.2) is 0 Å². The van der Waals surface area contributed by atoms with Crippen molar-refractivity contribution < 1.29 is 4.79 Å². The molecule has 0 saturated carbocycles. The molecule has 88 valence electrons. The zero-order chi connectivity index (χ0) is 12.0. The van der Waals surface area contributed by atoms with Crippen LogP contribution in [0.25, 0.3) is 0 Å². The van der Waals surface area contributed by atoms with Crippen LogP contribution in [0.2, 0.25) is 0 Å². The van der Waals surface area contributed by atoms with E-state index in [-0.39, 0.29) is 5.91 Å². The molecule has 0 spiro atoms. The number of amides is 1. The molecule has 0 unspecified atom stereocenters. The molecule has 16 heavy (non-hydrogen) atoms. The van der Waals surface area contributed by atoms with Crippen LogP contribution in [0, 0.1) is 6.92 Å². The fraction of sp³-hybridized carbons (Fsp3) is 0.500. The Labute approximate surface area is 96.7 Å². The molecule has 0 aliphatic rings. The summed E-state index contributed by atoms with van der Waals surface area (Å²) in [7, 11) is 3.73. The molecular formula is C12H19N3O. The van der Waals surface area contributed by atoms with E-state index in [1.807, 2.05) is 33.2 Å². The van der Waals surface area contributed by atoms with Crippen molar-refractivity contribution >= 4 is 5.91 Å². The molecule has 1 aromatic heterocycles. The monoisotopic (exact) mass is 221 g/mol. The summed E-state index contributed by atoms with van der Waals surface area (Å²) in [5.41, 5.74) is 1.58. The smallest absolute Gasteiger partial charge is 0.255 e. The van der Waals surface area contributed by atoms with Crippen molar-refractivity contribution in [2.24, 2.45) is 0 Å². The van der Waals surface area contributed by atoms with E-state index >= 15 is 0 Å². The molecule has 0 atom stereocenters. The first kappa shape index (κ1) is 12.6. The number of nitrogens with zero attached hydrogens (tertiary/aromatic N) is 2. The number of nitrogens with one attached hydrogen (secondary N) is 1. The van der Waals surface area contributed by atoms with E-state index < -0.39 is 0 Å². The Bertz CT molecular complexity index is 335. The molecule has 0 fully saturated rings. The molecule has 1 N–H and O–H groups in total. The summed E-state index contributed by atoms with van der Waals surface area (Å²) in [5.74, 6) is 0.0311. The van der Waals surface area contributed by atoms with Crippen molar-refractivity contribution in [1.82, 2.24) is 15.2 Å². The second-order valence-electron chi connectivity index (χ2n) is 3.87. The Kier molecular flexibility index (Phi) is 4.92. The summed E-state index contributed by atoms with van der Waals surface area (Å²) < 4.78 is 0. The molecule has 1 amide bonds. The van der Waals surface area contributed by atoms with Gasteiger partial charge in [0.15, 0.2) is 0 Å². The van der Waals surface area contributed by atoms with Crippen LogP contribution in [0.1, 0.15) is 22.5 Å². The number of aromatic nitrogens is 1. The number of pyridine rings is 1. The number of rotatable bonds is 5. The van der Waals surface area contributed by atoms with Crippen LogP contribution in [-0.4, -0.2) is 43.0 Å². The predicted molar refractivity (Wildman–Crippen MR) is 64.5 cm³/mol. The number of hydrogen-bond donors (Lipinski definition) is 1. The highest BCUT2D eigenvalue weighted by molar-refractivity contribution is 5.93. The second-order valence-corrected chi connectivity index (χ2v) is 3.87. The minimum Gasteiger partial charge on any atom is -0.342 e. The predicted octanol–water partition coefficient (Wildman–Crippen LogP) is 1.07. The van der Waals surface area contributed by atoms with Crippen molar-refractivity contribution in [3.8, 4) is 0 Å². The van der Waals surface area contributed by atoms with Gasteiger partial charge in [0.25, 0.3) is 5.91 Å². The summed E-state index contributed by atoms with van der Waals surface area (Å²) in [5, 5.41) is 3.06. The van der Waals surface area contributed by atoms with Crippen LogP contribution in [0.15, 0.2) is 18.3 Å². The molecule has 4 heteroatoms. The van der Waals surface area contributed by atoms with Crippen molar-refractivity contribution in [2.75, 3.05) is 27.2 Å². The van der Waals surface area contributed by atoms with Gasteiger partial charge in [-0.05, 0) is 39.1 Å². The zero-order valence-corrected chi connectivity index (χ0v) is 10.2. The Balaban J connectivity index is 2.53. The third-order valence-electron chi connectivity index (χ3n) is 2.43. The van der Waals surface area contributed by atoms with Gasteiger partial charge >= 0.3 is 0 Å². The quantitative estimate of drug-likeness (QED) is 0.756. The highest BCUT2D eigenvalue weighted by Crippen LogP contribution is 2.03. The molecule has 4 nitrogen and oxygen atoms in total. The highest BCUT2D eigenvalue weighted by atomic mass is 16.2. The largest absolute Gasteiger partial charge is 0.342 e. The van der Waals surface area contributed by atoms with Crippen molar-refractivity contribution in [3.63, 3.8) is 0 Å². The zero-order valence-electron chi connectivity index (χ0n) is 10.2. The van der Waals surface area contributed by atoms with Crippen LogP contribution < -0.4 is 5.32 Å². The van der Waals surface area contributed by atoms with Crippen molar-refractivity contribution in [1.29, 1.82) is 0 Å². The average molecular weight is 221 g/mol. The number of carbonyl (C=O) groups is 1. The minimum atomic E-state index is 0.0311. The van der Waals surface area contributed by atoms with E-state index in [0.29, 0.717) is 5.56 Å². The SMILES string of the molecule is CNCCCN(C)C(=O)c1ccc(C)nc1. The van der Waals surface area contributed by atoms with Crippen molar-refractivity contribution in [3.05, 3.63) is 29.6 Å². The second kappa shape index (κ2) is 6.23. The fourth-order valence-electron chi connectivity index (χ4n) is 1.41. The van der Waals surface area contributed by atoms with E-state index in [1.54, 1.807) is 11.1 Å². The average Bonchev–Trinajstić information content (AvgIpc) is 2.29. The molecule has 0 radical (unpaired) electrons. The molecular weight excluding hydrogens is 202 g/mol. The Morgan fingerprint density at radius 2 is 2.25 bits per heavy atom. The van der Waals surface area contributed by atoms with Crippen LogP contribution in [0.3, 0.4) is 0 Å². The first-order chi connectivity index (χ1) is 7.65. The number of hydrogen-bond acceptors (Lipinski definition) is 3. The fourth-order valence-corrected chi connectivity index (χ4v) is 1.41. The lowest BCUT2D eigenvalue weighted by Gasteiger charge is -2.16. The molecule has 1 heterocycles. The van der Waals surface area contributed by atoms with Gasteiger partial charge in [-0.2, -0.15) is 0 Å². The molecule has 0 aliphatic heterocycles. The van der Waals surface area contributed by atoms with Crippen LogP contribution in [0.4, 0.5) is 0 Å². The first-order valence-electron chi connectivity index (χ1n) is 5.48. The normalized spacial score (nSPS) is 10.2. The number of aryl methyl sites for hydroxylation is 1. The maximum Gasteiger partial charge on any atom is 0.255 e. The maximum absolute atomic E-state index is 11.9. The summed E-state index contributed by atoms with van der Waals surface area (Å²) in [6.07, 6.45) is 2.59. The van der Waals surface area contributed by atoms with Gasteiger partial charge in [-0.1, -0.05) is 0 Å². The van der Waals surface area contributed by atoms with Gasteiger partial charge in [0, 0.05) is 25.5 Å². The highest BCUT2D eigenvalue weighted by Gasteiger charge is 2.10. The lowest BCUT2D eigenvalue weighted by molar-refractivity contribution is 0.0793. The Morgan fingerprint density at radius 1 is 1.50 bits per heavy atom. The van der Waals surface area contributed by atoms with Gasteiger partial charge in [0.05, 0.1) is 5.56 Å². The summed E-state index contributed by atoms with van der Waals surface area (Å²) >= 11 is 0. The Hall–Kier alpha value is -1.42. The summed E-state index contributed by atoms with van der Waals surface area (Å²) in [4.78, 5) is 17.8. The third-order valence-corrected chi connectivity index (χ3v) is 2.43. The molecule has 1 aromatic rings. The minimum absolute atomic E-state index is 0.0311.